The van der Waals surface area contributed by atoms with Gasteiger partial charge in [0.25, 0.3) is 0 Å². The molecule has 1 aromatic carbocycles. The number of para-hydroxylation sites is 1. The second-order valence-electron chi connectivity index (χ2n) is 4.99. The molecule has 1 saturated carbocycles. The fourth-order valence-corrected chi connectivity index (χ4v) is 2.57. The number of hydrogen-bond acceptors (Lipinski definition) is 6. The van der Waals surface area contributed by atoms with Crippen LogP contribution in [0.25, 0.3) is 0 Å². The monoisotopic (exact) mass is 307 g/mol. The van der Waals surface area contributed by atoms with Crippen molar-refractivity contribution in [3.8, 4) is 5.75 Å². The predicted octanol–water partition coefficient (Wildman–Crippen LogP) is 2.12. The van der Waals surface area contributed by atoms with Crippen molar-refractivity contribution in [2.45, 2.75) is 18.8 Å². The summed E-state index contributed by atoms with van der Waals surface area (Å²) in [5.41, 5.74) is 0.537. The number of carbonyl (C=O) groups is 1. The van der Waals surface area contributed by atoms with Gasteiger partial charge in [-0.05, 0) is 25.0 Å². The molecule has 6 nitrogen and oxygen atoms in total. The average Bonchev–Trinajstić information content (AvgIpc) is 3.14. The molecule has 0 atom stereocenters. The lowest BCUT2D eigenvalue weighted by atomic mass is 10.0. The molecule has 3 rings (SSSR count). The van der Waals surface area contributed by atoms with Gasteiger partial charge in [0.2, 0.25) is 5.78 Å². The summed E-state index contributed by atoms with van der Waals surface area (Å²) in [4.78, 5) is 12.6. The molecule has 0 amide bonds. The second-order valence-corrected chi connectivity index (χ2v) is 6.57. The summed E-state index contributed by atoms with van der Waals surface area (Å²) in [6.07, 6.45) is 4.24. The van der Waals surface area contributed by atoms with Crippen molar-refractivity contribution in [3.63, 3.8) is 0 Å². The first kappa shape index (κ1) is 13.8. The van der Waals surface area contributed by atoms with Crippen LogP contribution >= 0.6 is 0 Å². The van der Waals surface area contributed by atoms with Crippen molar-refractivity contribution in [3.05, 3.63) is 47.3 Å². The summed E-state index contributed by atoms with van der Waals surface area (Å²) >= 11 is 0. The molecule has 0 spiro atoms. The minimum Gasteiger partial charge on any atom is -0.382 e. The van der Waals surface area contributed by atoms with Gasteiger partial charge in [-0.1, -0.05) is 17.3 Å². The molecule has 0 unspecified atom stereocenters. The quantitative estimate of drug-likeness (QED) is 0.621. The fourth-order valence-electron chi connectivity index (χ4n) is 2.09. The number of ketones is 1. The Labute approximate surface area is 121 Å². The van der Waals surface area contributed by atoms with E-state index >= 15 is 0 Å². The van der Waals surface area contributed by atoms with Crippen LogP contribution < -0.4 is 4.18 Å². The van der Waals surface area contributed by atoms with E-state index in [0.29, 0.717) is 11.3 Å². The van der Waals surface area contributed by atoms with Crippen molar-refractivity contribution in [1.82, 2.24) is 5.16 Å². The molecule has 0 N–H and O–H groups in total. The van der Waals surface area contributed by atoms with Crippen LogP contribution in [0.2, 0.25) is 0 Å². The minimum atomic E-state index is -3.71. The Morgan fingerprint density at radius 2 is 2.00 bits per heavy atom. The zero-order valence-electron chi connectivity index (χ0n) is 11.3. The molecule has 2 aromatic rings. The van der Waals surface area contributed by atoms with E-state index in [1.807, 2.05) is 0 Å². The highest BCUT2D eigenvalue weighted by molar-refractivity contribution is 7.86. The van der Waals surface area contributed by atoms with Crippen LogP contribution in [0.1, 0.15) is 40.4 Å². The lowest BCUT2D eigenvalue weighted by molar-refractivity contribution is 0.103. The first-order valence-electron chi connectivity index (χ1n) is 6.43. The lowest BCUT2D eigenvalue weighted by Gasteiger charge is -2.08. The highest BCUT2D eigenvalue weighted by Gasteiger charge is 2.33. The van der Waals surface area contributed by atoms with E-state index in [0.717, 1.165) is 19.1 Å². The smallest absolute Gasteiger partial charge is 0.306 e. The zero-order valence-corrected chi connectivity index (χ0v) is 12.1. The number of carbonyl (C=O) groups excluding carboxylic acids is 1. The summed E-state index contributed by atoms with van der Waals surface area (Å²) in [7, 11) is -3.71. The SMILES string of the molecule is CS(=O)(=O)Oc1ccccc1C(=O)c1cnoc1C1CC1. The molecule has 1 aliphatic carbocycles. The number of nitrogens with zero attached hydrogens (tertiary/aromatic N) is 1. The predicted molar refractivity (Wildman–Crippen MR) is 73.8 cm³/mol. The first-order chi connectivity index (χ1) is 9.96. The average molecular weight is 307 g/mol. The van der Waals surface area contributed by atoms with Crippen LogP contribution in [0, 0.1) is 0 Å². The summed E-state index contributed by atoms with van der Waals surface area (Å²) in [5.74, 6) is 0.453. The van der Waals surface area contributed by atoms with Gasteiger partial charge in [-0.25, -0.2) is 0 Å². The van der Waals surface area contributed by atoms with Gasteiger partial charge in [0.1, 0.15) is 0 Å². The summed E-state index contributed by atoms with van der Waals surface area (Å²) in [6, 6.07) is 6.21. The summed E-state index contributed by atoms with van der Waals surface area (Å²) < 4.78 is 32.6. The molecule has 1 aliphatic rings. The molecular weight excluding hydrogens is 294 g/mol. The Balaban J connectivity index is 2.00. The second kappa shape index (κ2) is 5.00. The number of hydrogen-bond donors (Lipinski definition) is 0. The van der Waals surface area contributed by atoms with E-state index in [2.05, 4.69) is 5.16 Å². The van der Waals surface area contributed by atoms with Crippen molar-refractivity contribution < 1.29 is 21.9 Å². The lowest BCUT2D eigenvalue weighted by Crippen LogP contribution is -2.11. The van der Waals surface area contributed by atoms with Crippen molar-refractivity contribution >= 4 is 15.9 Å². The molecule has 1 aromatic heterocycles. The zero-order chi connectivity index (χ0) is 15.0. The normalized spacial score (nSPS) is 14.9. The maximum absolute atomic E-state index is 12.6. The van der Waals surface area contributed by atoms with Gasteiger partial charge in [0.05, 0.1) is 23.6 Å². The highest BCUT2D eigenvalue weighted by Crippen LogP contribution is 2.42. The third-order valence-electron chi connectivity index (χ3n) is 3.16. The molecule has 1 heterocycles. The molecule has 1 fully saturated rings. The van der Waals surface area contributed by atoms with Crippen LogP contribution in [0.3, 0.4) is 0 Å². The van der Waals surface area contributed by atoms with Crippen LogP contribution in [0.15, 0.2) is 35.0 Å². The molecule has 21 heavy (non-hydrogen) atoms. The minimum absolute atomic E-state index is 0.00736. The van der Waals surface area contributed by atoms with Crippen molar-refractivity contribution in [2.24, 2.45) is 0 Å². The van der Waals surface area contributed by atoms with Gasteiger partial charge in [0.15, 0.2) is 11.5 Å². The molecular formula is C14H13NO5S. The van der Waals surface area contributed by atoms with Crippen molar-refractivity contribution in [2.75, 3.05) is 6.26 Å². The number of aromatic nitrogens is 1. The van der Waals surface area contributed by atoms with Crippen molar-refractivity contribution in [1.29, 1.82) is 0 Å². The van der Waals surface area contributed by atoms with Crippen LogP contribution in [-0.2, 0) is 10.1 Å². The van der Waals surface area contributed by atoms with E-state index in [1.165, 1.54) is 18.3 Å². The number of rotatable bonds is 5. The van der Waals surface area contributed by atoms with E-state index < -0.39 is 10.1 Å². The van der Waals surface area contributed by atoms with Gasteiger partial charge < -0.3 is 8.71 Å². The first-order valence-corrected chi connectivity index (χ1v) is 8.25. The maximum atomic E-state index is 12.6. The van der Waals surface area contributed by atoms with Gasteiger partial charge in [0, 0.05) is 5.92 Å². The van der Waals surface area contributed by atoms with Crippen LogP contribution in [-0.4, -0.2) is 25.6 Å². The molecule has 110 valence electrons. The van der Waals surface area contributed by atoms with Gasteiger partial charge >= 0.3 is 10.1 Å². The molecule has 7 heteroatoms. The maximum Gasteiger partial charge on any atom is 0.306 e. The molecule has 0 aliphatic heterocycles. The van der Waals surface area contributed by atoms with E-state index in [-0.39, 0.29) is 23.0 Å². The standard InChI is InChI=1S/C14H13NO5S/c1-21(17,18)20-12-5-3-2-4-10(12)13(16)11-8-15-19-14(11)9-6-7-9/h2-5,8-9H,6-7H2,1H3. The Kier molecular flexibility index (Phi) is 3.29. The van der Waals surface area contributed by atoms with Crippen LogP contribution in [0.5, 0.6) is 5.75 Å². The van der Waals surface area contributed by atoms with E-state index in [1.54, 1.807) is 12.1 Å². The Morgan fingerprint density at radius 3 is 2.67 bits per heavy atom. The summed E-state index contributed by atoms with van der Waals surface area (Å²) in [5, 5.41) is 3.68. The van der Waals surface area contributed by atoms with E-state index in [4.69, 9.17) is 8.71 Å². The molecule has 0 radical (unpaired) electrons. The largest absolute Gasteiger partial charge is 0.382 e. The fraction of sp³-hybridized carbons (Fsp3) is 0.286. The molecule has 0 bridgehead atoms. The Bertz CT molecular complexity index is 789. The third-order valence-corrected chi connectivity index (χ3v) is 3.65. The van der Waals surface area contributed by atoms with Gasteiger partial charge in [-0.15, -0.1) is 0 Å². The highest BCUT2D eigenvalue weighted by atomic mass is 32.2. The van der Waals surface area contributed by atoms with Gasteiger partial charge in [-0.2, -0.15) is 8.42 Å². The Morgan fingerprint density at radius 1 is 1.29 bits per heavy atom. The number of benzene rings is 1. The van der Waals surface area contributed by atoms with Gasteiger partial charge in [-0.3, -0.25) is 4.79 Å². The van der Waals surface area contributed by atoms with E-state index in [9.17, 15) is 13.2 Å². The summed E-state index contributed by atoms with van der Waals surface area (Å²) in [6.45, 7) is 0. The topological polar surface area (TPSA) is 86.5 Å². The molecule has 0 saturated heterocycles. The van der Waals surface area contributed by atoms with Crippen LogP contribution in [0.4, 0.5) is 0 Å². The third kappa shape index (κ3) is 2.97. The Hall–Kier alpha value is -2.15.